The number of nitrogen functional groups attached to an aromatic ring is 2. The molecule has 2 aromatic rings. The summed E-state index contributed by atoms with van der Waals surface area (Å²) < 4.78 is 0. The van der Waals surface area contributed by atoms with Gasteiger partial charge in [-0.3, -0.25) is 0 Å². The molecule has 0 aliphatic heterocycles. The minimum absolute atomic E-state index is 0.134. The van der Waals surface area contributed by atoms with Crippen molar-refractivity contribution in [2.45, 2.75) is 0 Å². The molecule has 2 rings (SSSR count). The molecule has 0 aliphatic carbocycles. The van der Waals surface area contributed by atoms with Crippen LogP contribution < -0.4 is 11.5 Å². The maximum atomic E-state index is 9.35. The molecule has 0 atom stereocenters. The van der Waals surface area contributed by atoms with Gasteiger partial charge in [0.1, 0.15) is 5.75 Å². The molecule has 0 fully saturated rings. The number of nitrogens with two attached hydrogens (primary N) is 2. The molecular formula is C8H9N3O. The van der Waals surface area contributed by atoms with Gasteiger partial charge in [0.2, 0.25) is 0 Å². The van der Waals surface area contributed by atoms with Crippen LogP contribution in [0.4, 0.5) is 11.4 Å². The number of aromatic amines is 1. The first-order valence-corrected chi connectivity index (χ1v) is 3.54. The molecule has 0 saturated carbocycles. The lowest BCUT2D eigenvalue weighted by Crippen LogP contribution is -1.90. The van der Waals surface area contributed by atoms with E-state index in [1.54, 1.807) is 12.1 Å². The van der Waals surface area contributed by atoms with Gasteiger partial charge in [0.25, 0.3) is 0 Å². The molecule has 4 heteroatoms. The summed E-state index contributed by atoms with van der Waals surface area (Å²) in [6.45, 7) is 0. The average Bonchev–Trinajstić information content (AvgIpc) is 2.42. The number of rotatable bonds is 0. The largest absolute Gasteiger partial charge is 0.506 e. The number of hydrogen-bond acceptors (Lipinski definition) is 3. The number of H-pyrrole nitrogens is 1. The molecular weight excluding hydrogens is 154 g/mol. The zero-order valence-electron chi connectivity index (χ0n) is 6.33. The van der Waals surface area contributed by atoms with E-state index in [9.17, 15) is 5.11 Å². The Hall–Kier alpha value is -1.84. The predicted molar refractivity (Wildman–Crippen MR) is 48.8 cm³/mol. The predicted octanol–water partition coefficient (Wildman–Crippen LogP) is 1.04. The van der Waals surface area contributed by atoms with Crippen molar-refractivity contribution in [2.75, 3.05) is 11.5 Å². The molecule has 0 saturated heterocycles. The molecule has 6 N–H and O–H groups in total. The summed E-state index contributed by atoms with van der Waals surface area (Å²) in [5.74, 6) is 0.134. The Morgan fingerprint density at radius 3 is 2.50 bits per heavy atom. The Bertz CT molecular complexity index is 433. The van der Waals surface area contributed by atoms with Crippen LogP contribution in [0, 0.1) is 0 Å². The molecule has 0 radical (unpaired) electrons. The molecule has 0 unspecified atom stereocenters. The number of fused-ring (bicyclic) bond motifs is 1. The number of hydrogen-bond donors (Lipinski definition) is 4. The number of nitrogens with one attached hydrogen (secondary N) is 1. The summed E-state index contributed by atoms with van der Waals surface area (Å²) in [5.41, 5.74) is 13.1. The van der Waals surface area contributed by atoms with Crippen LogP contribution in [0.5, 0.6) is 5.75 Å². The maximum absolute atomic E-state index is 9.35. The number of aromatic nitrogens is 1. The first kappa shape index (κ1) is 6.84. The quantitative estimate of drug-likeness (QED) is 0.437. The second-order valence-electron chi connectivity index (χ2n) is 2.67. The van der Waals surface area contributed by atoms with E-state index in [-0.39, 0.29) is 5.75 Å². The highest BCUT2D eigenvalue weighted by Gasteiger charge is 2.07. The third-order valence-corrected chi connectivity index (χ3v) is 1.88. The van der Waals surface area contributed by atoms with Gasteiger partial charge in [-0.15, -0.1) is 0 Å². The van der Waals surface area contributed by atoms with Crippen molar-refractivity contribution in [1.29, 1.82) is 0 Å². The van der Waals surface area contributed by atoms with Crippen molar-refractivity contribution in [3.63, 3.8) is 0 Å². The van der Waals surface area contributed by atoms with Crippen molar-refractivity contribution in [3.05, 3.63) is 18.3 Å². The fourth-order valence-electron chi connectivity index (χ4n) is 1.28. The van der Waals surface area contributed by atoms with Crippen molar-refractivity contribution in [3.8, 4) is 5.75 Å². The fraction of sp³-hybridized carbons (Fsp3) is 0. The normalized spacial score (nSPS) is 10.7. The van der Waals surface area contributed by atoms with Crippen LogP contribution in [0.15, 0.2) is 18.3 Å². The van der Waals surface area contributed by atoms with E-state index in [1.165, 1.54) is 6.20 Å². The Kier molecular flexibility index (Phi) is 1.18. The highest BCUT2D eigenvalue weighted by Crippen LogP contribution is 2.32. The van der Waals surface area contributed by atoms with Gasteiger partial charge in [-0.2, -0.15) is 0 Å². The minimum atomic E-state index is 0.134. The topological polar surface area (TPSA) is 88.1 Å². The molecule has 0 spiro atoms. The van der Waals surface area contributed by atoms with Gasteiger partial charge in [-0.05, 0) is 12.1 Å². The average molecular weight is 163 g/mol. The molecule has 0 aliphatic rings. The summed E-state index contributed by atoms with van der Waals surface area (Å²) >= 11 is 0. The van der Waals surface area contributed by atoms with E-state index in [0.29, 0.717) is 22.3 Å². The first-order chi connectivity index (χ1) is 5.70. The number of aromatic hydroxyl groups is 1. The fourth-order valence-corrected chi connectivity index (χ4v) is 1.28. The smallest absolute Gasteiger partial charge is 0.143 e. The third-order valence-electron chi connectivity index (χ3n) is 1.88. The van der Waals surface area contributed by atoms with Gasteiger partial charge in [0.15, 0.2) is 0 Å². The van der Waals surface area contributed by atoms with Crippen LogP contribution in [0.1, 0.15) is 0 Å². The summed E-state index contributed by atoms with van der Waals surface area (Å²) in [6, 6.07) is 3.37. The second-order valence-corrected chi connectivity index (χ2v) is 2.67. The van der Waals surface area contributed by atoms with Crippen molar-refractivity contribution >= 4 is 22.3 Å². The summed E-state index contributed by atoms with van der Waals surface area (Å²) in [7, 11) is 0. The lowest BCUT2D eigenvalue weighted by Gasteiger charge is -1.99. The monoisotopic (exact) mass is 163 g/mol. The maximum Gasteiger partial charge on any atom is 0.143 e. The van der Waals surface area contributed by atoms with Gasteiger partial charge in [0.05, 0.1) is 16.6 Å². The third kappa shape index (κ3) is 0.717. The molecule has 1 heterocycles. The van der Waals surface area contributed by atoms with Crippen LogP contribution in [-0.4, -0.2) is 10.1 Å². The molecule has 0 amide bonds. The highest BCUT2D eigenvalue weighted by atomic mass is 16.3. The number of anilines is 2. The Morgan fingerprint density at radius 2 is 1.83 bits per heavy atom. The minimum Gasteiger partial charge on any atom is -0.506 e. The summed E-state index contributed by atoms with van der Waals surface area (Å²) in [4.78, 5) is 2.84. The van der Waals surface area contributed by atoms with Gasteiger partial charge in [0, 0.05) is 11.9 Å². The number of benzene rings is 1. The van der Waals surface area contributed by atoms with Crippen LogP contribution in [0.2, 0.25) is 0 Å². The molecule has 1 aromatic carbocycles. The standard InChI is InChI=1S/C8H9N3O/c9-4-1-2-5(10)8-7(4)6(12)3-11-8/h1-3,11-12H,9-10H2. The molecule has 62 valence electrons. The molecule has 4 nitrogen and oxygen atoms in total. The second kappa shape index (κ2) is 2.07. The van der Waals surface area contributed by atoms with Crippen LogP contribution in [0.3, 0.4) is 0 Å². The zero-order valence-corrected chi connectivity index (χ0v) is 6.33. The lowest BCUT2D eigenvalue weighted by molar-refractivity contribution is 0.481. The van der Waals surface area contributed by atoms with E-state index in [2.05, 4.69) is 4.98 Å². The van der Waals surface area contributed by atoms with E-state index >= 15 is 0 Å². The van der Waals surface area contributed by atoms with Crippen molar-refractivity contribution in [1.82, 2.24) is 4.98 Å². The summed E-state index contributed by atoms with van der Waals surface area (Å²) in [6.07, 6.45) is 1.47. The molecule has 12 heavy (non-hydrogen) atoms. The zero-order chi connectivity index (χ0) is 8.72. The Labute approximate surface area is 68.8 Å². The van der Waals surface area contributed by atoms with Crippen molar-refractivity contribution in [2.24, 2.45) is 0 Å². The van der Waals surface area contributed by atoms with E-state index in [4.69, 9.17) is 11.5 Å². The van der Waals surface area contributed by atoms with Gasteiger partial charge in [-0.25, -0.2) is 0 Å². The Balaban J connectivity index is 2.98. The first-order valence-electron chi connectivity index (χ1n) is 3.54. The van der Waals surface area contributed by atoms with Crippen molar-refractivity contribution < 1.29 is 5.11 Å². The Morgan fingerprint density at radius 1 is 1.17 bits per heavy atom. The molecule has 0 bridgehead atoms. The van der Waals surface area contributed by atoms with Crippen LogP contribution in [-0.2, 0) is 0 Å². The van der Waals surface area contributed by atoms with Gasteiger partial charge >= 0.3 is 0 Å². The SMILES string of the molecule is Nc1ccc(N)c2c(O)c[nH]c12. The van der Waals surface area contributed by atoms with Gasteiger partial charge < -0.3 is 21.6 Å². The van der Waals surface area contributed by atoms with E-state index in [0.717, 1.165) is 0 Å². The van der Waals surface area contributed by atoms with E-state index in [1.807, 2.05) is 0 Å². The summed E-state index contributed by atoms with van der Waals surface area (Å²) in [5, 5.41) is 9.94. The lowest BCUT2D eigenvalue weighted by atomic mass is 10.2. The van der Waals surface area contributed by atoms with E-state index < -0.39 is 0 Å². The van der Waals surface area contributed by atoms with Gasteiger partial charge in [-0.1, -0.05) is 0 Å². The highest BCUT2D eigenvalue weighted by molar-refractivity contribution is 6.02. The van der Waals surface area contributed by atoms with Crippen LogP contribution in [0.25, 0.3) is 10.9 Å². The molecule has 1 aromatic heterocycles. The van der Waals surface area contributed by atoms with Crippen LogP contribution >= 0.6 is 0 Å².